The molecule has 1 aromatic heterocycles. The van der Waals surface area contributed by atoms with Crippen molar-refractivity contribution in [3.63, 3.8) is 0 Å². The van der Waals surface area contributed by atoms with Gasteiger partial charge in [-0.15, -0.1) is 5.10 Å². The highest BCUT2D eigenvalue weighted by Crippen LogP contribution is 2.24. The summed E-state index contributed by atoms with van der Waals surface area (Å²) in [5.41, 5.74) is -0.536. The van der Waals surface area contributed by atoms with E-state index in [1.54, 1.807) is 0 Å². The van der Waals surface area contributed by atoms with Gasteiger partial charge in [0.05, 0.1) is 12.1 Å². The maximum Gasteiger partial charge on any atom is 0.318 e. The smallest absolute Gasteiger partial charge is 0.318 e. The molecule has 6 nitrogen and oxygen atoms in total. The number of hydrogen-bond acceptors (Lipinski definition) is 6. The van der Waals surface area contributed by atoms with E-state index < -0.39 is 5.60 Å². The fourth-order valence-electron chi connectivity index (χ4n) is 1.96. The van der Waals surface area contributed by atoms with Gasteiger partial charge in [0, 0.05) is 18.6 Å². The third kappa shape index (κ3) is 4.18. The van der Waals surface area contributed by atoms with E-state index >= 15 is 0 Å². The highest BCUT2D eigenvalue weighted by molar-refractivity contribution is 5.25. The summed E-state index contributed by atoms with van der Waals surface area (Å²) in [6.45, 7) is 10.2. The first kappa shape index (κ1) is 14.3. The van der Waals surface area contributed by atoms with Crippen molar-refractivity contribution in [1.82, 2.24) is 15.5 Å². The normalized spacial score (nSPS) is 19.7. The summed E-state index contributed by atoms with van der Waals surface area (Å²) in [5.74, 6) is 0.599. The first-order chi connectivity index (χ1) is 8.75. The van der Waals surface area contributed by atoms with Gasteiger partial charge in [-0.05, 0) is 40.5 Å². The van der Waals surface area contributed by atoms with Crippen molar-refractivity contribution in [1.29, 1.82) is 0 Å². The van der Waals surface area contributed by atoms with E-state index in [9.17, 15) is 5.11 Å². The Kier molecular flexibility index (Phi) is 3.82. The highest BCUT2D eigenvalue weighted by Gasteiger charge is 2.29. The zero-order valence-electron chi connectivity index (χ0n) is 12.2. The lowest BCUT2D eigenvalue weighted by atomic mass is 9.94. The van der Waals surface area contributed by atoms with Crippen LogP contribution in [-0.4, -0.2) is 39.5 Å². The molecule has 1 saturated heterocycles. The standard InChI is InChI=1S/C13H24N4O2/c1-12(2,3)14-9-10-15-16-11(19-10)17-7-5-13(4,18)6-8-17/h14,18H,5-9H2,1-4H3. The molecule has 6 heteroatoms. The molecule has 0 bridgehead atoms. The van der Waals surface area contributed by atoms with Crippen LogP contribution in [0.4, 0.5) is 6.01 Å². The van der Waals surface area contributed by atoms with Crippen molar-refractivity contribution < 1.29 is 9.52 Å². The third-order valence-electron chi connectivity index (χ3n) is 3.34. The summed E-state index contributed by atoms with van der Waals surface area (Å²) < 4.78 is 5.65. The van der Waals surface area contributed by atoms with Crippen LogP contribution in [0.2, 0.25) is 0 Å². The van der Waals surface area contributed by atoms with Gasteiger partial charge in [-0.25, -0.2) is 0 Å². The number of piperidine rings is 1. The number of nitrogens with one attached hydrogen (secondary N) is 1. The van der Waals surface area contributed by atoms with Gasteiger partial charge in [0.25, 0.3) is 0 Å². The Balaban J connectivity index is 1.91. The maximum atomic E-state index is 9.91. The van der Waals surface area contributed by atoms with E-state index in [-0.39, 0.29) is 5.54 Å². The molecular formula is C13H24N4O2. The SMILES string of the molecule is CC1(O)CCN(c2nnc(CNC(C)(C)C)o2)CC1. The van der Waals surface area contributed by atoms with Crippen LogP contribution < -0.4 is 10.2 Å². The van der Waals surface area contributed by atoms with Gasteiger partial charge in [-0.1, -0.05) is 5.10 Å². The molecule has 0 unspecified atom stereocenters. The topological polar surface area (TPSA) is 74.4 Å². The average molecular weight is 268 g/mol. The molecule has 2 heterocycles. The van der Waals surface area contributed by atoms with E-state index in [1.807, 2.05) is 11.8 Å². The fraction of sp³-hybridized carbons (Fsp3) is 0.846. The predicted octanol–water partition coefficient (Wildman–Crippen LogP) is 1.31. The zero-order chi connectivity index (χ0) is 14.1. The Morgan fingerprint density at radius 2 is 1.95 bits per heavy atom. The van der Waals surface area contributed by atoms with Gasteiger partial charge in [0.15, 0.2) is 0 Å². The molecule has 1 aliphatic rings. The van der Waals surface area contributed by atoms with E-state index in [0.29, 0.717) is 18.5 Å². The van der Waals surface area contributed by atoms with E-state index in [2.05, 4.69) is 36.3 Å². The summed E-state index contributed by atoms with van der Waals surface area (Å²) in [7, 11) is 0. The molecule has 0 aromatic carbocycles. The van der Waals surface area contributed by atoms with Crippen molar-refractivity contribution in [2.75, 3.05) is 18.0 Å². The van der Waals surface area contributed by atoms with Crippen LogP contribution >= 0.6 is 0 Å². The van der Waals surface area contributed by atoms with E-state index in [0.717, 1.165) is 25.9 Å². The van der Waals surface area contributed by atoms with E-state index in [4.69, 9.17) is 4.42 Å². The summed E-state index contributed by atoms with van der Waals surface area (Å²) in [6.07, 6.45) is 1.45. The van der Waals surface area contributed by atoms with Gasteiger partial charge in [-0.2, -0.15) is 0 Å². The Morgan fingerprint density at radius 1 is 1.32 bits per heavy atom. The monoisotopic (exact) mass is 268 g/mol. The Hall–Kier alpha value is -1.14. The van der Waals surface area contributed by atoms with E-state index in [1.165, 1.54) is 0 Å². The lowest BCUT2D eigenvalue weighted by Crippen LogP contribution is -2.42. The lowest BCUT2D eigenvalue weighted by molar-refractivity contribution is 0.0343. The van der Waals surface area contributed by atoms with Crippen LogP contribution in [-0.2, 0) is 6.54 Å². The van der Waals surface area contributed by atoms with Gasteiger partial charge in [0.2, 0.25) is 5.89 Å². The summed E-state index contributed by atoms with van der Waals surface area (Å²) in [6, 6.07) is 0.557. The molecule has 0 saturated carbocycles. The molecule has 0 spiro atoms. The summed E-state index contributed by atoms with van der Waals surface area (Å²) in [4.78, 5) is 2.03. The van der Waals surface area contributed by atoms with Crippen LogP contribution in [0.5, 0.6) is 0 Å². The molecule has 0 radical (unpaired) electrons. The lowest BCUT2D eigenvalue weighted by Gasteiger charge is -2.34. The van der Waals surface area contributed by atoms with Crippen molar-refractivity contribution in [2.45, 2.75) is 58.2 Å². The molecule has 1 fully saturated rings. The van der Waals surface area contributed by atoms with Crippen LogP contribution in [0.3, 0.4) is 0 Å². The van der Waals surface area contributed by atoms with Gasteiger partial charge >= 0.3 is 6.01 Å². The Bertz CT molecular complexity index is 413. The largest absolute Gasteiger partial charge is 0.407 e. The second-order valence-corrected chi connectivity index (χ2v) is 6.57. The second kappa shape index (κ2) is 5.09. The Morgan fingerprint density at radius 3 is 2.53 bits per heavy atom. The molecule has 1 aliphatic heterocycles. The maximum absolute atomic E-state index is 9.91. The van der Waals surface area contributed by atoms with Crippen molar-refractivity contribution in [3.8, 4) is 0 Å². The third-order valence-corrected chi connectivity index (χ3v) is 3.34. The molecule has 0 amide bonds. The number of anilines is 1. The fourth-order valence-corrected chi connectivity index (χ4v) is 1.96. The number of nitrogens with zero attached hydrogens (tertiary/aromatic N) is 3. The first-order valence-electron chi connectivity index (χ1n) is 6.80. The van der Waals surface area contributed by atoms with Crippen LogP contribution in [0.25, 0.3) is 0 Å². The number of hydrogen-bond donors (Lipinski definition) is 2. The molecule has 108 valence electrons. The van der Waals surface area contributed by atoms with Crippen molar-refractivity contribution in [2.24, 2.45) is 0 Å². The van der Waals surface area contributed by atoms with Gasteiger partial charge in [-0.3, -0.25) is 0 Å². The quantitative estimate of drug-likeness (QED) is 0.861. The van der Waals surface area contributed by atoms with Crippen molar-refractivity contribution in [3.05, 3.63) is 5.89 Å². The summed E-state index contributed by atoms with van der Waals surface area (Å²) >= 11 is 0. The minimum absolute atomic E-state index is 0.0262. The minimum Gasteiger partial charge on any atom is -0.407 e. The van der Waals surface area contributed by atoms with Crippen LogP contribution in [0.1, 0.15) is 46.4 Å². The number of rotatable bonds is 3. The van der Waals surface area contributed by atoms with Crippen LogP contribution in [0.15, 0.2) is 4.42 Å². The second-order valence-electron chi connectivity index (χ2n) is 6.57. The van der Waals surface area contributed by atoms with Gasteiger partial charge in [0.1, 0.15) is 0 Å². The summed E-state index contributed by atoms with van der Waals surface area (Å²) in [5, 5.41) is 21.4. The minimum atomic E-state index is -0.562. The molecule has 2 rings (SSSR count). The molecule has 0 aliphatic carbocycles. The predicted molar refractivity (Wildman–Crippen MR) is 73.0 cm³/mol. The first-order valence-corrected chi connectivity index (χ1v) is 6.80. The van der Waals surface area contributed by atoms with Crippen LogP contribution in [0, 0.1) is 0 Å². The zero-order valence-corrected chi connectivity index (χ0v) is 12.2. The number of aromatic nitrogens is 2. The molecule has 19 heavy (non-hydrogen) atoms. The molecule has 0 atom stereocenters. The molecular weight excluding hydrogens is 244 g/mol. The van der Waals surface area contributed by atoms with Crippen molar-refractivity contribution >= 4 is 6.01 Å². The average Bonchev–Trinajstić information content (AvgIpc) is 2.74. The Labute approximate surface area is 114 Å². The van der Waals surface area contributed by atoms with Gasteiger partial charge < -0.3 is 19.7 Å². The highest BCUT2D eigenvalue weighted by atomic mass is 16.4. The molecule has 1 aromatic rings. The number of aliphatic hydroxyl groups is 1. The molecule has 2 N–H and O–H groups in total.